The molecule has 0 unspecified atom stereocenters. The number of hydrogen-bond donors (Lipinski definition) is 2. The topological polar surface area (TPSA) is 83.8 Å². The van der Waals surface area contributed by atoms with Gasteiger partial charge in [-0.2, -0.15) is 0 Å². The maximum absolute atomic E-state index is 12.4. The third-order valence-corrected chi connectivity index (χ3v) is 4.25. The summed E-state index contributed by atoms with van der Waals surface area (Å²) in [6.07, 6.45) is -1.07. The molecule has 0 amide bonds. The summed E-state index contributed by atoms with van der Waals surface area (Å²) in [5.41, 5.74) is 0.136. The molecule has 2 N–H and O–H groups in total. The number of fused-ring (bicyclic) bond motifs is 1. The van der Waals surface area contributed by atoms with Gasteiger partial charge in [0.15, 0.2) is 6.10 Å². The number of rotatable bonds is 4. The van der Waals surface area contributed by atoms with Crippen LogP contribution in [0.3, 0.4) is 0 Å². The van der Waals surface area contributed by atoms with Crippen molar-refractivity contribution in [3.8, 4) is 11.5 Å². The SMILES string of the molecule is C[C@@H](OC(=O)c1cc(O)c2ccccc2c1O)C(=O)c1ccc(Cl)cc1. The van der Waals surface area contributed by atoms with Crippen LogP contribution in [0.2, 0.25) is 5.02 Å². The molecular weight excluding hydrogens is 356 g/mol. The van der Waals surface area contributed by atoms with Gasteiger partial charge >= 0.3 is 5.97 Å². The van der Waals surface area contributed by atoms with Crippen LogP contribution in [0, 0.1) is 0 Å². The predicted octanol–water partition coefficient (Wildman–Crippen LogP) is 4.33. The van der Waals surface area contributed by atoms with E-state index in [0.717, 1.165) is 6.07 Å². The van der Waals surface area contributed by atoms with E-state index in [0.29, 0.717) is 21.4 Å². The lowest BCUT2D eigenvalue weighted by Crippen LogP contribution is -2.24. The fourth-order valence-corrected chi connectivity index (χ4v) is 2.75. The maximum atomic E-state index is 12.4. The average Bonchev–Trinajstić information content (AvgIpc) is 2.64. The third kappa shape index (κ3) is 3.34. The highest BCUT2D eigenvalue weighted by atomic mass is 35.5. The van der Waals surface area contributed by atoms with Crippen molar-refractivity contribution in [1.82, 2.24) is 0 Å². The van der Waals surface area contributed by atoms with Gasteiger partial charge in [0.1, 0.15) is 17.1 Å². The molecule has 1 atom stereocenters. The van der Waals surface area contributed by atoms with Crippen molar-refractivity contribution in [1.29, 1.82) is 0 Å². The zero-order chi connectivity index (χ0) is 18.8. The number of benzene rings is 3. The number of halogens is 1. The summed E-state index contributed by atoms with van der Waals surface area (Å²) >= 11 is 5.79. The van der Waals surface area contributed by atoms with Gasteiger partial charge in [-0.25, -0.2) is 4.79 Å². The van der Waals surface area contributed by atoms with Crippen LogP contribution in [0.15, 0.2) is 54.6 Å². The van der Waals surface area contributed by atoms with E-state index in [1.807, 2.05) is 0 Å². The molecule has 6 heteroatoms. The molecule has 26 heavy (non-hydrogen) atoms. The monoisotopic (exact) mass is 370 g/mol. The van der Waals surface area contributed by atoms with Gasteiger partial charge in [-0.15, -0.1) is 0 Å². The van der Waals surface area contributed by atoms with Crippen LogP contribution in [-0.4, -0.2) is 28.1 Å². The van der Waals surface area contributed by atoms with Gasteiger partial charge in [-0.3, -0.25) is 4.79 Å². The van der Waals surface area contributed by atoms with Gasteiger partial charge in [0.05, 0.1) is 0 Å². The first kappa shape index (κ1) is 17.8. The van der Waals surface area contributed by atoms with Crippen molar-refractivity contribution >= 4 is 34.1 Å². The van der Waals surface area contributed by atoms with Crippen LogP contribution in [-0.2, 0) is 4.74 Å². The molecule has 0 radical (unpaired) electrons. The van der Waals surface area contributed by atoms with Crippen molar-refractivity contribution in [2.45, 2.75) is 13.0 Å². The summed E-state index contributed by atoms with van der Waals surface area (Å²) in [6.45, 7) is 1.44. The summed E-state index contributed by atoms with van der Waals surface area (Å²) in [6, 6.07) is 13.9. The van der Waals surface area contributed by atoms with Gasteiger partial charge in [0.2, 0.25) is 5.78 Å². The van der Waals surface area contributed by atoms with Gasteiger partial charge in [-0.05, 0) is 37.3 Å². The number of phenols is 2. The maximum Gasteiger partial charge on any atom is 0.342 e. The van der Waals surface area contributed by atoms with E-state index in [2.05, 4.69) is 0 Å². The molecule has 0 aromatic heterocycles. The normalized spacial score (nSPS) is 11.9. The van der Waals surface area contributed by atoms with Gasteiger partial charge < -0.3 is 14.9 Å². The minimum absolute atomic E-state index is 0.165. The number of esters is 1. The van der Waals surface area contributed by atoms with Gasteiger partial charge in [0, 0.05) is 21.4 Å². The molecule has 5 nitrogen and oxygen atoms in total. The standard InChI is InChI=1S/C20H15ClO5/c1-11(18(23)12-6-8-13(21)9-7-12)26-20(25)16-10-17(22)14-4-2-3-5-15(14)19(16)24/h2-11,22,24H,1H3/t11-/m1/s1. The Morgan fingerprint density at radius 2 is 1.62 bits per heavy atom. The quantitative estimate of drug-likeness (QED) is 0.405. The summed E-state index contributed by atoms with van der Waals surface area (Å²) < 4.78 is 5.18. The molecule has 3 rings (SSSR count). The molecule has 0 heterocycles. The molecule has 0 aliphatic heterocycles. The lowest BCUT2D eigenvalue weighted by atomic mass is 10.0. The first-order valence-corrected chi connectivity index (χ1v) is 8.20. The summed E-state index contributed by atoms with van der Waals surface area (Å²) in [5.74, 6) is -1.78. The number of ether oxygens (including phenoxy) is 1. The average molecular weight is 371 g/mol. The molecule has 0 aliphatic carbocycles. The second-order valence-electron chi connectivity index (χ2n) is 5.76. The number of hydrogen-bond acceptors (Lipinski definition) is 5. The van der Waals surface area contributed by atoms with E-state index in [9.17, 15) is 19.8 Å². The van der Waals surface area contributed by atoms with E-state index in [-0.39, 0.29) is 17.1 Å². The van der Waals surface area contributed by atoms with Crippen molar-refractivity contribution < 1.29 is 24.5 Å². The number of Topliss-reactive ketones (excluding diaryl/α,β-unsaturated/α-hetero) is 1. The highest BCUT2D eigenvalue weighted by Crippen LogP contribution is 2.35. The summed E-state index contributed by atoms with van der Waals surface area (Å²) in [4.78, 5) is 24.7. The minimum Gasteiger partial charge on any atom is -0.507 e. The number of carbonyl (C=O) groups excluding carboxylic acids is 2. The highest BCUT2D eigenvalue weighted by molar-refractivity contribution is 6.30. The Hall–Kier alpha value is -3.05. The third-order valence-electron chi connectivity index (χ3n) is 4.00. The number of ketones is 1. The Kier molecular flexibility index (Phi) is 4.82. The Balaban J connectivity index is 1.86. The molecule has 0 saturated carbocycles. The van der Waals surface area contributed by atoms with Gasteiger partial charge in [-0.1, -0.05) is 35.9 Å². The van der Waals surface area contributed by atoms with Crippen molar-refractivity contribution in [3.63, 3.8) is 0 Å². The fraction of sp³-hybridized carbons (Fsp3) is 0.100. The minimum atomic E-state index is -1.07. The Labute approximate surface area is 154 Å². The number of carbonyl (C=O) groups is 2. The molecule has 0 spiro atoms. The molecule has 3 aromatic carbocycles. The molecular formula is C20H15ClO5. The van der Waals surface area contributed by atoms with Crippen molar-refractivity contribution in [2.75, 3.05) is 0 Å². The first-order chi connectivity index (χ1) is 12.4. The van der Waals surface area contributed by atoms with Crippen LogP contribution < -0.4 is 0 Å². The molecule has 132 valence electrons. The molecule has 3 aromatic rings. The molecule has 0 fully saturated rings. The summed E-state index contributed by atoms with van der Waals surface area (Å²) in [7, 11) is 0. The van der Waals surface area contributed by atoms with Crippen LogP contribution >= 0.6 is 11.6 Å². The van der Waals surface area contributed by atoms with Crippen LogP contribution in [0.25, 0.3) is 10.8 Å². The first-order valence-electron chi connectivity index (χ1n) is 7.83. The van der Waals surface area contributed by atoms with E-state index in [1.54, 1.807) is 36.4 Å². The van der Waals surface area contributed by atoms with Crippen LogP contribution in [0.4, 0.5) is 0 Å². The zero-order valence-electron chi connectivity index (χ0n) is 13.8. The number of phenolic OH excluding ortho intramolecular Hbond substituents is 2. The smallest absolute Gasteiger partial charge is 0.342 e. The van der Waals surface area contributed by atoms with E-state index < -0.39 is 17.9 Å². The van der Waals surface area contributed by atoms with Crippen LogP contribution in [0.5, 0.6) is 11.5 Å². The second-order valence-corrected chi connectivity index (χ2v) is 6.19. The Morgan fingerprint density at radius 3 is 2.27 bits per heavy atom. The predicted molar refractivity (Wildman–Crippen MR) is 97.9 cm³/mol. The van der Waals surface area contributed by atoms with Crippen molar-refractivity contribution in [2.24, 2.45) is 0 Å². The highest BCUT2D eigenvalue weighted by Gasteiger charge is 2.24. The molecule has 0 bridgehead atoms. The second kappa shape index (κ2) is 7.06. The lowest BCUT2D eigenvalue weighted by Gasteiger charge is -2.14. The van der Waals surface area contributed by atoms with E-state index in [1.165, 1.54) is 19.1 Å². The zero-order valence-corrected chi connectivity index (χ0v) is 14.5. The summed E-state index contributed by atoms with van der Waals surface area (Å²) in [5, 5.41) is 21.6. The van der Waals surface area contributed by atoms with E-state index in [4.69, 9.17) is 16.3 Å². The largest absolute Gasteiger partial charge is 0.507 e. The number of aromatic hydroxyl groups is 2. The molecule has 0 aliphatic rings. The Morgan fingerprint density at radius 1 is 1.00 bits per heavy atom. The molecule has 0 saturated heterocycles. The fourth-order valence-electron chi connectivity index (χ4n) is 2.62. The van der Waals surface area contributed by atoms with E-state index >= 15 is 0 Å². The Bertz CT molecular complexity index is 995. The van der Waals surface area contributed by atoms with Gasteiger partial charge in [0.25, 0.3) is 0 Å². The lowest BCUT2D eigenvalue weighted by molar-refractivity contribution is 0.0316. The van der Waals surface area contributed by atoms with Crippen molar-refractivity contribution in [3.05, 3.63) is 70.7 Å². The van der Waals surface area contributed by atoms with Crippen LogP contribution in [0.1, 0.15) is 27.6 Å².